The molecule has 5 rings (SSSR count). The van der Waals surface area contributed by atoms with Crippen LogP contribution in [0, 0.1) is 6.92 Å². The van der Waals surface area contributed by atoms with E-state index >= 15 is 0 Å². The fourth-order valence-corrected chi connectivity index (χ4v) is 4.22. The van der Waals surface area contributed by atoms with Crippen LogP contribution in [0.5, 0.6) is 17.2 Å². The molecule has 1 aromatic carbocycles. The van der Waals surface area contributed by atoms with Crippen molar-refractivity contribution >= 4 is 29.1 Å². The molecular weight excluding hydrogens is 470 g/mol. The van der Waals surface area contributed by atoms with E-state index in [-0.39, 0.29) is 6.04 Å². The maximum Gasteiger partial charge on any atom is 0.229 e. The van der Waals surface area contributed by atoms with Crippen LogP contribution >= 0.6 is 11.6 Å². The normalized spacial score (nSPS) is 14.8. The Morgan fingerprint density at radius 2 is 1.94 bits per heavy atom. The molecule has 0 fully saturated rings. The summed E-state index contributed by atoms with van der Waals surface area (Å²) < 4.78 is 18.6. The first-order chi connectivity index (χ1) is 17.0. The summed E-state index contributed by atoms with van der Waals surface area (Å²) in [5.41, 5.74) is 2.49. The van der Waals surface area contributed by atoms with E-state index in [4.69, 9.17) is 30.8 Å². The summed E-state index contributed by atoms with van der Waals surface area (Å²) in [5, 5.41) is 3.80. The molecule has 180 valence electrons. The van der Waals surface area contributed by atoms with Crippen LogP contribution in [0.4, 0.5) is 17.5 Å². The van der Waals surface area contributed by atoms with Gasteiger partial charge in [-0.25, -0.2) is 15.0 Å². The molecule has 0 spiro atoms. The molecule has 4 aromatic rings. The van der Waals surface area contributed by atoms with Gasteiger partial charge in [0.15, 0.2) is 23.1 Å². The number of aromatic nitrogens is 5. The molecule has 11 heteroatoms. The molecule has 1 aliphatic heterocycles. The number of pyridine rings is 1. The Hall–Kier alpha value is -4.05. The SMILES string of the molecule is COc1ccc(C2COc3cnc(Nc4cnc(-n5cnc(C)c5)c(OC)c4)nc3N2C)c(Cl)c1. The quantitative estimate of drug-likeness (QED) is 0.420. The zero-order valence-electron chi connectivity index (χ0n) is 19.7. The van der Waals surface area contributed by atoms with Crippen molar-refractivity contribution in [2.45, 2.75) is 13.0 Å². The van der Waals surface area contributed by atoms with Gasteiger partial charge in [-0.15, -0.1) is 0 Å². The number of ether oxygens (including phenoxy) is 3. The number of methoxy groups -OCH3 is 2. The van der Waals surface area contributed by atoms with Crippen LogP contribution in [0.15, 0.2) is 49.2 Å². The molecule has 3 aromatic heterocycles. The zero-order valence-corrected chi connectivity index (χ0v) is 20.4. The third kappa shape index (κ3) is 4.40. The van der Waals surface area contributed by atoms with Gasteiger partial charge in [0.1, 0.15) is 18.7 Å². The highest BCUT2D eigenvalue weighted by molar-refractivity contribution is 6.31. The van der Waals surface area contributed by atoms with Gasteiger partial charge in [-0.1, -0.05) is 17.7 Å². The van der Waals surface area contributed by atoms with Crippen molar-refractivity contribution in [3.05, 3.63) is 65.5 Å². The molecule has 0 aliphatic carbocycles. The summed E-state index contributed by atoms with van der Waals surface area (Å²) >= 11 is 6.53. The molecule has 1 atom stereocenters. The molecule has 0 saturated carbocycles. The lowest BCUT2D eigenvalue weighted by molar-refractivity contribution is 0.265. The summed E-state index contributed by atoms with van der Waals surface area (Å²) in [6.07, 6.45) is 6.92. The largest absolute Gasteiger partial charge is 0.497 e. The Morgan fingerprint density at radius 1 is 1.09 bits per heavy atom. The van der Waals surface area contributed by atoms with E-state index in [0.717, 1.165) is 11.3 Å². The predicted octanol–water partition coefficient (Wildman–Crippen LogP) is 4.35. The average molecular weight is 494 g/mol. The highest BCUT2D eigenvalue weighted by atomic mass is 35.5. The Balaban J connectivity index is 1.40. The number of aryl methyl sites for hydroxylation is 1. The minimum Gasteiger partial charge on any atom is -0.497 e. The van der Waals surface area contributed by atoms with E-state index < -0.39 is 0 Å². The van der Waals surface area contributed by atoms with E-state index in [1.807, 2.05) is 47.8 Å². The first kappa shape index (κ1) is 22.7. The van der Waals surface area contributed by atoms with Gasteiger partial charge in [-0.05, 0) is 24.6 Å². The molecule has 35 heavy (non-hydrogen) atoms. The van der Waals surface area contributed by atoms with Crippen LogP contribution in [0.25, 0.3) is 5.82 Å². The van der Waals surface area contributed by atoms with Crippen molar-refractivity contribution in [3.8, 4) is 23.1 Å². The van der Waals surface area contributed by atoms with Crippen molar-refractivity contribution in [1.29, 1.82) is 0 Å². The highest BCUT2D eigenvalue weighted by Gasteiger charge is 2.29. The van der Waals surface area contributed by atoms with Crippen LogP contribution in [-0.2, 0) is 0 Å². The molecule has 1 aliphatic rings. The molecule has 0 radical (unpaired) electrons. The Bertz CT molecular complexity index is 1380. The fourth-order valence-electron chi connectivity index (χ4n) is 3.92. The van der Waals surface area contributed by atoms with Gasteiger partial charge in [-0.3, -0.25) is 4.57 Å². The lowest BCUT2D eigenvalue weighted by atomic mass is 10.0. The van der Waals surface area contributed by atoms with Gasteiger partial charge in [-0.2, -0.15) is 4.98 Å². The van der Waals surface area contributed by atoms with E-state index in [0.29, 0.717) is 52.1 Å². The summed E-state index contributed by atoms with van der Waals surface area (Å²) in [5.74, 6) is 3.57. The maximum atomic E-state index is 6.53. The third-order valence-electron chi connectivity index (χ3n) is 5.77. The monoisotopic (exact) mass is 493 g/mol. The molecule has 10 nitrogen and oxygen atoms in total. The van der Waals surface area contributed by atoms with Crippen LogP contribution in [0.2, 0.25) is 5.02 Å². The van der Waals surface area contributed by atoms with Gasteiger partial charge in [0.2, 0.25) is 5.95 Å². The molecule has 4 heterocycles. The Kier molecular flexibility index (Phi) is 6.04. The van der Waals surface area contributed by atoms with Crippen LogP contribution < -0.4 is 24.4 Å². The van der Waals surface area contributed by atoms with Gasteiger partial charge >= 0.3 is 0 Å². The van der Waals surface area contributed by atoms with Gasteiger partial charge in [0.25, 0.3) is 0 Å². The topological polar surface area (TPSA) is 99.5 Å². The van der Waals surface area contributed by atoms with Gasteiger partial charge in [0.05, 0.1) is 44.0 Å². The number of anilines is 3. The number of nitrogens with zero attached hydrogens (tertiary/aromatic N) is 6. The van der Waals surface area contributed by atoms with Crippen molar-refractivity contribution in [2.24, 2.45) is 0 Å². The van der Waals surface area contributed by atoms with Gasteiger partial charge in [0, 0.05) is 24.3 Å². The summed E-state index contributed by atoms with van der Waals surface area (Å²) in [4.78, 5) is 19.9. The Labute approximate surface area is 207 Å². The van der Waals surface area contributed by atoms with E-state index in [9.17, 15) is 0 Å². The van der Waals surface area contributed by atoms with E-state index in [1.54, 1.807) is 39.0 Å². The molecule has 0 amide bonds. The minimum absolute atomic E-state index is 0.122. The molecule has 1 N–H and O–H groups in total. The number of benzene rings is 1. The van der Waals surface area contributed by atoms with Crippen LogP contribution in [0.1, 0.15) is 17.3 Å². The second-order valence-electron chi connectivity index (χ2n) is 8.00. The summed E-state index contributed by atoms with van der Waals surface area (Å²) in [7, 11) is 5.16. The lowest BCUT2D eigenvalue weighted by Crippen LogP contribution is -2.34. The molecule has 0 bridgehead atoms. The number of nitrogens with one attached hydrogen (secondary N) is 1. The third-order valence-corrected chi connectivity index (χ3v) is 6.09. The summed E-state index contributed by atoms with van der Waals surface area (Å²) in [6, 6.07) is 7.33. The van der Waals surface area contributed by atoms with Crippen LogP contribution in [0.3, 0.4) is 0 Å². The first-order valence-corrected chi connectivity index (χ1v) is 11.2. The number of rotatable bonds is 6. The second kappa shape index (κ2) is 9.30. The predicted molar refractivity (Wildman–Crippen MR) is 133 cm³/mol. The van der Waals surface area contributed by atoms with Crippen molar-refractivity contribution < 1.29 is 14.2 Å². The van der Waals surface area contributed by atoms with Crippen molar-refractivity contribution in [3.63, 3.8) is 0 Å². The number of halogens is 1. The van der Waals surface area contributed by atoms with Crippen molar-refractivity contribution in [2.75, 3.05) is 38.1 Å². The summed E-state index contributed by atoms with van der Waals surface area (Å²) in [6.45, 7) is 2.34. The van der Waals surface area contributed by atoms with E-state index in [2.05, 4.69) is 20.3 Å². The first-order valence-electron chi connectivity index (χ1n) is 10.8. The number of hydrogen-bond donors (Lipinski definition) is 1. The molecule has 0 saturated heterocycles. The minimum atomic E-state index is -0.122. The maximum absolute atomic E-state index is 6.53. The second-order valence-corrected chi connectivity index (χ2v) is 8.41. The highest BCUT2D eigenvalue weighted by Crippen LogP contribution is 2.40. The zero-order chi connectivity index (χ0) is 24.5. The number of imidazole rings is 1. The smallest absolute Gasteiger partial charge is 0.229 e. The molecular formula is C24H24ClN7O3. The van der Waals surface area contributed by atoms with Crippen LogP contribution in [-0.4, -0.2) is 52.4 Å². The van der Waals surface area contributed by atoms with Crippen molar-refractivity contribution in [1.82, 2.24) is 24.5 Å². The number of hydrogen-bond acceptors (Lipinski definition) is 9. The average Bonchev–Trinajstić information content (AvgIpc) is 3.30. The Morgan fingerprint density at radius 3 is 2.66 bits per heavy atom. The number of fused-ring (bicyclic) bond motifs is 1. The fraction of sp³-hybridized carbons (Fsp3) is 0.250. The lowest BCUT2D eigenvalue weighted by Gasteiger charge is -2.35. The van der Waals surface area contributed by atoms with Gasteiger partial charge < -0.3 is 24.4 Å². The molecule has 1 unspecified atom stereocenters. The standard InChI is InChI=1S/C24H24ClN7O3/c1-14-11-32(13-28-14)22-20(34-4)7-15(9-26-22)29-24-27-10-21-23(30-24)31(2)19(12-35-21)17-6-5-16(33-3)8-18(17)25/h5-11,13,19H,12H2,1-4H3,(H,27,29,30). The number of likely N-dealkylation sites (N-methyl/N-ethyl adjacent to an activating group) is 1. The van der Waals surface area contributed by atoms with E-state index in [1.165, 1.54) is 0 Å².